The molecule has 24 heavy (non-hydrogen) atoms. The molecular formula is C16H16BrF3O4. The summed E-state index contributed by atoms with van der Waals surface area (Å²) in [4.78, 5) is 23.5. The second-order valence-electron chi connectivity index (χ2n) is 4.62. The average Bonchev–Trinajstić information content (AvgIpc) is 2.47. The van der Waals surface area contributed by atoms with Crippen LogP contribution in [0.2, 0.25) is 0 Å². The molecule has 1 aromatic rings. The van der Waals surface area contributed by atoms with Crippen molar-refractivity contribution in [3.05, 3.63) is 45.4 Å². The summed E-state index contributed by atoms with van der Waals surface area (Å²) < 4.78 is 49.2. The Morgan fingerprint density at radius 2 is 1.79 bits per heavy atom. The zero-order valence-corrected chi connectivity index (χ0v) is 14.7. The maximum absolute atomic E-state index is 13.2. The maximum Gasteiger partial charge on any atom is 0.416 e. The molecule has 0 amide bonds. The Hall–Kier alpha value is -1.83. The van der Waals surface area contributed by atoms with Gasteiger partial charge in [0.15, 0.2) is 0 Å². The number of rotatable bonds is 6. The minimum atomic E-state index is -4.59. The molecule has 0 heterocycles. The molecule has 0 saturated heterocycles. The fourth-order valence-corrected chi connectivity index (χ4v) is 2.27. The molecule has 0 aromatic heterocycles. The van der Waals surface area contributed by atoms with Crippen LogP contribution >= 0.6 is 15.9 Å². The molecule has 0 atom stereocenters. The molecule has 0 aliphatic rings. The van der Waals surface area contributed by atoms with Crippen LogP contribution in [0.25, 0.3) is 0 Å². The van der Waals surface area contributed by atoms with Crippen molar-refractivity contribution in [1.29, 1.82) is 0 Å². The number of hydrogen-bond donors (Lipinski definition) is 0. The van der Waals surface area contributed by atoms with Crippen LogP contribution in [-0.4, -0.2) is 25.2 Å². The van der Waals surface area contributed by atoms with Gasteiger partial charge in [-0.15, -0.1) is 0 Å². The third-order valence-corrected chi connectivity index (χ3v) is 3.37. The number of hydrogen-bond acceptors (Lipinski definition) is 4. The third-order valence-electron chi connectivity index (χ3n) is 2.87. The molecule has 1 rings (SSSR count). The standard InChI is InChI=1S/C16H16BrF3O4/c1-3-23-14(21)8-11(15(22)24-4-2)7-10-5-6-12(17)9-13(10)16(18,19)20/h5-6,8-9H,3-4,7H2,1-2H3/b11-8+. The highest BCUT2D eigenvalue weighted by Crippen LogP contribution is 2.34. The van der Waals surface area contributed by atoms with Gasteiger partial charge in [-0.3, -0.25) is 0 Å². The molecular weight excluding hydrogens is 393 g/mol. The summed E-state index contributed by atoms with van der Waals surface area (Å²) in [5.41, 5.74) is -1.24. The van der Waals surface area contributed by atoms with Crippen molar-refractivity contribution in [2.75, 3.05) is 13.2 Å². The Labute approximate surface area is 145 Å². The number of benzene rings is 1. The van der Waals surface area contributed by atoms with Gasteiger partial charge in [-0.2, -0.15) is 13.2 Å². The fourth-order valence-electron chi connectivity index (χ4n) is 1.90. The van der Waals surface area contributed by atoms with Crippen LogP contribution in [-0.2, 0) is 31.7 Å². The molecule has 0 fully saturated rings. The predicted octanol–water partition coefficient (Wildman–Crippen LogP) is 4.06. The van der Waals surface area contributed by atoms with Crippen molar-refractivity contribution >= 4 is 27.9 Å². The average molecular weight is 409 g/mol. The van der Waals surface area contributed by atoms with Crippen LogP contribution in [0.3, 0.4) is 0 Å². The number of halogens is 4. The Kier molecular flexibility index (Phi) is 7.47. The molecule has 0 spiro atoms. The maximum atomic E-state index is 13.2. The molecule has 0 bridgehead atoms. The van der Waals surface area contributed by atoms with E-state index in [9.17, 15) is 22.8 Å². The first kappa shape index (κ1) is 20.2. The van der Waals surface area contributed by atoms with E-state index in [0.717, 1.165) is 12.1 Å². The van der Waals surface area contributed by atoms with Crippen molar-refractivity contribution < 1.29 is 32.2 Å². The van der Waals surface area contributed by atoms with E-state index in [1.165, 1.54) is 12.1 Å². The first-order valence-corrected chi connectivity index (χ1v) is 7.88. The minimum Gasteiger partial charge on any atom is -0.463 e. The summed E-state index contributed by atoms with van der Waals surface area (Å²) >= 11 is 2.99. The second-order valence-corrected chi connectivity index (χ2v) is 5.53. The van der Waals surface area contributed by atoms with Crippen molar-refractivity contribution in [3.63, 3.8) is 0 Å². The van der Waals surface area contributed by atoms with Gasteiger partial charge < -0.3 is 9.47 Å². The molecule has 4 nitrogen and oxygen atoms in total. The highest BCUT2D eigenvalue weighted by Gasteiger charge is 2.34. The lowest BCUT2D eigenvalue weighted by Gasteiger charge is -2.14. The largest absolute Gasteiger partial charge is 0.463 e. The van der Waals surface area contributed by atoms with Crippen LogP contribution in [0.15, 0.2) is 34.3 Å². The zero-order chi connectivity index (χ0) is 18.3. The number of esters is 2. The summed E-state index contributed by atoms with van der Waals surface area (Å²) in [5, 5.41) is 0. The normalized spacial score (nSPS) is 12.0. The monoisotopic (exact) mass is 408 g/mol. The SMILES string of the molecule is CCOC(=O)/C=C(\Cc1ccc(Br)cc1C(F)(F)F)C(=O)OCC. The Morgan fingerprint density at radius 3 is 2.33 bits per heavy atom. The van der Waals surface area contributed by atoms with Crippen molar-refractivity contribution in [2.45, 2.75) is 26.4 Å². The quantitative estimate of drug-likeness (QED) is 0.525. The van der Waals surface area contributed by atoms with Gasteiger partial charge in [-0.25, -0.2) is 9.59 Å². The van der Waals surface area contributed by atoms with E-state index in [-0.39, 0.29) is 28.8 Å². The van der Waals surface area contributed by atoms with Crippen molar-refractivity contribution in [1.82, 2.24) is 0 Å². The zero-order valence-electron chi connectivity index (χ0n) is 13.1. The van der Waals surface area contributed by atoms with Gasteiger partial charge in [0.1, 0.15) is 0 Å². The van der Waals surface area contributed by atoms with Gasteiger partial charge in [0, 0.05) is 22.5 Å². The molecule has 0 aliphatic heterocycles. The molecule has 0 radical (unpaired) electrons. The molecule has 0 N–H and O–H groups in total. The van der Waals surface area contributed by atoms with Crippen LogP contribution < -0.4 is 0 Å². The van der Waals surface area contributed by atoms with Crippen LogP contribution in [0.5, 0.6) is 0 Å². The van der Waals surface area contributed by atoms with Crippen molar-refractivity contribution in [3.8, 4) is 0 Å². The summed E-state index contributed by atoms with van der Waals surface area (Å²) in [6.45, 7) is 3.25. The Morgan fingerprint density at radius 1 is 1.17 bits per heavy atom. The lowest BCUT2D eigenvalue weighted by atomic mass is 9.99. The molecule has 0 saturated carbocycles. The summed E-state index contributed by atoms with van der Waals surface area (Å²) in [6, 6.07) is 3.59. The first-order valence-electron chi connectivity index (χ1n) is 7.09. The van der Waals surface area contributed by atoms with Gasteiger partial charge in [-0.05, 0) is 31.5 Å². The van der Waals surface area contributed by atoms with Gasteiger partial charge in [0.05, 0.1) is 18.8 Å². The predicted molar refractivity (Wildman–Crippen MR) is 84.2 cm³/mol. The van der Waals surface area contributed by atoms with E-state index < -0.39 is 30.1 Å². The second kappa shape index (κ2) is 8.86. The third kappa shape index (κ3) is 5.99. The fraction of sp³-hybridized carbons (Fsp3) is 0.375. The van der Waals surface area contributed by atoms with Crippen molar-refractivity contribution in [2.24, 2.45) is 0 Å². The molecule has 0 unspecified atom stereocenters. The van der Waals surface area contributed by atoms with E-state index in [1.54, 1.807) is 13.8 Å². The van der Waals surface area contributed by atoms with E-state index in [0.29, 0.717) is 0 Å². The summed E-state index contributed by atoms with van der Waals surface area (Å²) in [6.07, 6.45) is -4.13. The van der Waals surface area contributed by atoms with Gasteiger partial charge >= 0.3 is 18.1 Å². The Bertz CT molecular complexity index is 639. The smallest absolute Gasteiger partial charge is 0.416 e. The minimum absolute atomic E-state index is 0.0332. The lowest BCUT2D eigenvalue weighted by Crippen LogP contribution is -2.16. The van der Waals surface area contributed by atoms with Crippen LogP contribution in [0.1, 0.15) is 25.0 Å². The number of alkyl halides is 3. The summed E-state index contributed by atoms with van der Waals surface area (Å²) in [5.74, 6) is -1.67. The van der Waals surface area contributed by atoms with E-state index in [1.807, 2.05) is 0 Å². The van der Waals surface area contributed by atoms with Gasteiger partial charge in [-0.1, -0.05) is 22.0 Å². The molecule has 1 aromatic carbocycles. The van der Waals surface area contributed by atoms with Gasteiger partial charge in [0.25, 0.3) is 0 Å². The molecule has 8 heteroatoms. The lowest BCUT2D eigenvalue weighted by molar-refractivity contribution is -0.141. The van der Waals surface area contributed by atoms with E-state index >= 15 is 0 Å². The highest BCUT2D eigenvalue weighted by atomic mass is 79.9. The first-order chi connectivity index (χ1) is 11.2. The van der Waals surface area contributed by atoms with E-state index in [2.05, 4.69) is 15.9 Å². The highest BCUT2D eigenvalue weighted by molar-refractivity contribution is 9.10. The number of carbonyl (C=O) groups excluding carboxylic acids is 2. The summed E-state index contributed by atoms with van der Waals surface area (Å²) in [7, 11) is 0. The van der Waals surface area contributed by atoms with Gasteiger partial charge in [0.2, 0.25) is 0 Å². The number of carbonyl (C=O) groups is 2. The Balaban J connectivity index is 3.24. The number of ether oxygens (including phenoxy) is 2. The molecule has 132 valence electrons. The van der Waals surface area contributed by atoms with E-state index in [4.69, 9.17) is 9.47 Å². The molecule has 0 aliphatic carbocycles. The van der Waals surface area contributed by atoms with Crippen LogP contribution in [0.4, 0.5) is 13.2 Å². The van der Waals surface area contributed by atoms with Crippen LogP contribution in [0, 0.1) is 0 Å². The topological polar surface area (TPSA) is 52.6 Å².